The number of hydrogen-bond acceptors (Lipinski definition) is 3. The third kappa shape index (κ3) is 5.57. The first-order valence-corrected chi connectivity index (χ1v) is 8.26. The van der Waals surface area contributed by atoms with Gasteiger partial charge in [-0.25, -0.2) is 5.43 Å². The van der Waals surface area contributed by atoms with Gasteiger partial charge >= 0.3 is 0 Å². The number of nitrogens with zero attached hydrogens (tertiary/aromatic N) is 1. The number of amides is 2. The van der Waals surface area contributed by atoms with E-state index in [2.05, 4.69) is 29.7 Å². The monoisotopic (exact) mass is 337 g/mol. The highest BCUT2D eigenvalue weighted by Crippen LogP contribution is 2.13. The zero-order chi connectivity index (χ0) is 18.2. The van der Waals surface area contributed by atoms with E-state index in [4.69, 9.17) is 0 Å². The number of rotatable bonds is 6. The number of nitrogens with one attached hydrogen (secondary N) is 2. The van der Waals surface area contributed by atoms with Crippen LogP contribution in [-0.4, -0.2) is 24.1 Å². The van der Waals surface area contributed by atoms with Gasteiger partial charge in [-0.1, -0.05) is 56.3 Å². The number of hydrazone groups is 1. The predicted octanol–water partition coefficient (Wildman–Crippen LogP) is 3.08. The molecule has 5 nitrogen and oxygen atoms in total. The molecule has 0 aromatic heterocycles. The molecule has 130 valence electrons. The van der Waals surface area contributed by atoms with E-state index in [0.29, 0.717) is 11.5 Å². The minimum absolute atomic E-state index is 0.295. The second kappa shape index (κ2) is 8.78. The number of carbonyl (C=O) groups excluding carboxylic acids is 2. The Morgan fingerprint density at radius 3 is 2.20 bits per heavy atom. The molecule has 0 heterocycles. The van der Waals surface area contributed by atoms with Crippen molar-refractivity contribution in [2.75, 3.05) is 0 Å². The van der Waals surface area contributed by atoms with Crippen molar-refractivity contribution in [3.8, 4) is 0 Å². The third-order valence-electron chi connectivity index (χ3n) is 3.77. The van der Waals surface area contributed by atoms with Crippen molar-refractivity contribution in [1.82, 2.24) is 10.7 Å². The van der Waals surface area contributed by atoms with Gasteiger partial charge in [0.05, 0.1) is 6.21 Å². The summed E-state index contributed by atoms with van der Waals surface area (Å²) in [5.41, 5.74) is 5.09. The highest BCUT2D eigenvalue weighted by molar-refractivity contribution is 5.97. The van der Waals surface area contributed by atoms with Crippen molar-refractivity contribution in [2.45, 2.75) is 32.7 Å². The van der Waals surface area contributed by atoms with Gasteiger partial charge in [-0.3, -0.25) is 9.59 Å². The van der Waals surface area contributed by atoms with Crippen LogP contribution in [0.2, 0.25) is 0 Å². The lowest BCUT2D eigenvalue weighted by atomic mass is 10.0. The molecule has 0 fully saturated rings. The van der Waals surface area contributed by atoms with Crippen LogP contribution in [0.4, 0.5) is 0 Å². The summed E-state index contributed by atoms with van der Waals surface area (Å²) in [5.74, 6) is -0.199. The lowest BCUT2D eigenvalue weighted by Crippen LogP contribution is -2.43. The van der Waals surface area contributed by atoms with E-state index in [1.54, 1.807) is 37.4 Å². The van der Waals surface area contributed by atoms with Gasteiger partial charge in [0.1, 0.15) is 6.04 Å². The first kappa shape index (κ1) is 18.4. The maximum absolute atomic E-state index is 12.0. The van der Waals surface area contributed by atoms with Crippen molar-refractivity contribution < 1.29 is 9.59 Å². The van der Waals surface area contributed by atoms with E-state index >= 15 is 0 Å². The van der Waals surface area contributed by atoms with E-state index in [9.17, 15) is 9.59 Å². The quantitative estimate of drug-likeness (QED) is 0.628. The van der Waals surface area contributed by atoms with Gasteiger partial charge in [0.15, 0.2) is 0 Å². The highest BCUT2D eigenvalue weighted by atomic mass is 16.2. The SMILES string of the molecule is CC(C)c1ccc(/C=N\NC(=O)[C@H](C)NC(=O)c2ccccc2)cc1. The van der Waals surface area contributed by atoms with Crippen LogP contribution in [0.5, 0.6) is 0 Å². The summed E-state index contributed by atoms with van der Waals surface area (Å²) in [6, 6.07) is 16.0. The summed E-state index contributed by atoms with van der Waals surface area (Å²) < 4.78 is 0. The molecule has 0 saturated heterocycles. The molecule has 25 heavy (non-hydrogen) atoms. The highest BCUT2D eigenvalue weighted by Gasteiger charge is 2.15. The molecule has 2 aromatic rings. The molecule has 5 heteroatoms. The van der Waals surface area contributed by atoms with Gasteiger partial charge in [-0.05, 0) is 36.1 Å². The molecule has 2 rings (SSSR count). The molecule has 0 radical (unpaired) electrons. The van der Waals surface area contributed by atoms with Crippen molar-refractivity contribution >= 4 is 18.0 Å². The summed E-state index contributed by atoms with van der Waals surface area (Å²) in [7, 11) is 0. The number of hydrogen-bond donors (Lipinski definition) is 2. The Kier molecular flexibility index (Phi) is 6.46. The van der Waals surface area contributed by atoms with Crippen LogP contribution in [0.3, 0.4) is 0 Å². The van der Waals surface area contributed by atoms with E-state index in [1.165, 1.54) is 5.56 Å². The molecule has 0 saturated carbocycles. The van der Waals surface area contributed by atoms with Crippen LogP contribution >= 0.6 is 0 Å². The Bertz CT molecular complexity index is 737. The van der Waals surface area contributed by atoms with Gasteiger partial charge < -0.3 is 5.32 Å². The van der Waals surface area contributed by atoms with Gasteiger partial charge in [0, 0.05) is 5.56 Å². The van der Waals surface area contributed by atoms with Crippen LogP contribution in [0.15, 0.2) is 59.7 Å². The minimum Gasteiger partial charge on any atom is -0.340 e. The molecular formula is C20H23N3O2. The molecule has 0 bridgehead atoms. The largest absolute Gasteiger partial charge is 0.340 e. The minimum atomic E-state index is -0.687. The fourth-order valence-electron chi connectivity index (χ4n) is 2.17. The normalized spacial score (nSPS) is 12.2. The van der Waals surface area contributed by atoms with Crippen molar-refractivity contribution in [3.63, 3.8) is 0 Å². The van der Waals surface area contributed by atoms with Crippen LogP contribution < -0.4 is 10.7 Å². The Hall–Kier alpha value is -2.95. The standard InChI is InChI=1S/C20H23N3O2/c1-14(2)17-11-9-16(10-12-17)13-21-23-19(24)15(3)22-20(25)18-7-5-4-6-8-18/h4-15H,1-3H3,(H,22,25)(H,23,24)/b21-13-/t15-/m0/s1. The van der Waals surface area contributed by atoms with Crippen LogP contribution in [-0.2, 0) is 4.79 Å². The average Bonchev–Trinajstić information content (AvgIpc) is 2.62. The van der Waals surface area contributed by atoms with E-state index in [1.807, 2.05) is 30.3 Å². The maximum atomic E-state index is 12.0. The molecule has 2 amide bonds. The molecule has 0 unspecified atom stereocenters. The van der Waals surface area contributed by atoms with Gasteiger partial charge in [0.2, 0.25) is 0 Å². The summed E-state index contributed by atoms with van der Waals surface area (Å²) in [6.07, 6.45) is 1.58. The molecular weight excluding hydrogens is 314 g/mol. The van der Waals surface area contributed by atoms with Crippen molar-refractivity contribution in [3.05, 3.63) is 71.3 Å². The van der Waals surface area contributed by atoms with E-state index in [-0.39, 0.29) is 11.8 Å². The first-order chi connectivity index (χ1) is 12.0. The Balaban J connectivity index is 1.85. The van der Waals surface area contributed by atoms with Crippen molar-refractivity contribution in [1.29, 1.82) is 0 Å². The average molecular weight is 337 g/mol. The summed E-state index contributed by atoms with van der Waals surface area (Å²) >= 11 is 0. The molecule has 0 aliphatic rings. The van der Waals surface area contributed by atoms with E-state index < -0.39 is 6.04 Å². The number of benzene rings is 2. The first-order valence-electron chi connectivity index (χ1n) is 8.26. The van der Waals surface area contributed by atoms with Crippen LogP contribution in [0, 0.1) is 0 Å². The molecule has 0 spiro atoms. The van der Waals surface area contributed by atoms with Crippen molar-refractivity contribution in [2.24, 2.45) is 5.10 Å². The topological polar surface area (TPSA) is 70.6 Å². The zero-order valence-electron chi connectivity index (χ0n) is 14.7. The lowest BCUT2D eigenvalue weighted by Gasteiger charge is -2.12. The molecule has 0 aliphatic heterocycles. The molecule has 0 aliphatic carbocycles. The summed E-state index contributed by atoms with van der Waals surface area (Å²) in [4.78, 5) is 24.0. The maximum Gasteiger partial charge on any atom is 0.262 e. The third-order valence-corrected chi connectivity index (χ3v) is 3.77. The van der Waals surface area contributed by atoms with E-state index in [0.717, 1.165) is 5.56 Å². The Morgan fingerprint density at radius 1 is 0.960 bits per heavy atom. The van der Waals surface area contributed by atoms with Crippen LogP contribution in [0.1, 0.15) is 48.2 Å². The van der Waals surface area contributed by atoms with Gasteiger partial charge in [-0.2, -0.15) is 5.10 Å². The smallest absolute Gasteiger partial charge is 0.262 e. The van der Waals surface area contributed by atoms with Gasteiger partial charge in [-0.15, -0.1) is 0 Å². The lowest BCUT2D eigenvalue weighted by molar-refractivity contribution is -0.122. The Labute approximate surface area is 148 Å². The van der Waals surface area contributed by atoms with Crippen LogP contribution in [0.25, 0.3) is 0 Å². The predicted molar refractivity (Wildman–Crippen MR) is 99.6 cm³/mol. The Morgan fingerprint density at radius 2 is 1.60 bits per heavy atom. The fraction of sp³-hybridized carbons (Fsp3) is 0.250. The molecule has 1 atom stereocenters. The molecule has 2 N–H and O–H groups in total. The number of carbonyl (C=O) groups is 2. The van der Waals surface area contributed by atoms with Gasteiger partial charge in [0.25, 0.3) is 11.8 Å². The summed E-state index contributed by atoms with van der Waals surface area (Å²) in [6.45, 7) is 5.88. The zero-order valence-corrected chi connectivity index (χ0v) is 14.7. The second-order valence-electron chi connectivity index (χ2n) is 6.12. The summed E-state index contributed by atoms with van der Waals surface area (Å²) in [5, 5.41) is 6.58. The molecule has 2 aromatic carbocycles. The fourth-order valence-corrected chi connectivity index (χ4v) is 2.17. The second-order valence-corrected chi connectivity index (χ2v) is 6.12.